The second-order valence-corrected chi connectivity index (χ2v) is 6.10. The third-order valence-electron chi connectivity index (χ3n) is 4.14. The van der Waals surface area contributed by atoms with Gasteiger partial charge in [-0.25, -0.2) is 0 Å². The maximum Gasteiger partial charge on any atom is 0.472 e. The zero-order valence-corrected chi connectivity index (χ0v) is 13.8. The summed E-state index contributed by atoms with van der Waals surface area (Å²) in [5.41, 5.74) is 3.89. The van der Waals surface area contributed by atoms with Crippen LogP contribution in [-0.4, -0.2) is 36.0 Å². The van der Waals surface area contributed by atoms with Crippen LogP contribution in [-0.2, 0) is 4.79 Å². The molecule has 2 aliphatic carbocycles. The van der Waals surface area contributed by atoms with Crippen LogP contribution in [0.25, 0.3) is 0 Å². The second-order valence-electron chi connectivity index (χ2n) is 6.10. The Morgan fingerprint density at radius 3 is 2.32 bits per heavy atom. The molecule has 0 spiro atoms. The standard InChI is InChI=1S/C19H17F3N2O/c1-23(2)17-6-5-15-11-14(3-4-16(15)12-17)13-7-9-24(10-8-13)18(25)19(20,21)22/h3-12,16H,1-2H3. The van der Waals surface area contributed by atoms with Crippen molar-refractivity contribution in [3.63, 3.8) is 0 Å². The van der Waals surface area contributed by atoms with E-state index in [2.05, 4.69) is 12.2 Å². The van der Waals surface area contributed by atoms with E-state index in [-0.39, 0.29) is 5.92 Å². The molecule has 1 unspecified atom stereocenters. The van der Waals surface area contributed by atoms with E-state index in [0.29, 0.717) is 4.90 Å². The fourth-order valence-corrected chi connectivity index (χ4v) is 2.75. The predicted molar refractivity (Wildman–Crippen MR) is 89.8 cm³/mol. The molecular weight excluding hydrogens is 329 g/mol. The molecule has 1 amide bonds. The number of allylic oxidation sites excluding steroid dienone is 11. The number of amides is 1. The Morgan fingerprint density at radius 2 is 1.72 bits per heavy atom. The van der Waals surface area contributed by atoms with Crippen LogP contribution in [0.5, 0.6) is 0 Å². The minimum Gasteiger partial charge on any atom is -0.378 e. The average Bonchev–Trinajstić information content (AvgIpc) is 2.59. The minimum atomic E-state index is -4.89. The summed E-state index contributed by atoms with van der Waals surface area (Å²) in [7, 11) is 3.97. The van der Waals surface area contributed by atoms with Crippen molar-refractivity contribution in [1.29, 1.82) is 0 Å². The molecule has 0 fully saturated rings. The van der Waals surface area contributed by atoms with E-state index >= 15 is 0 Å². The van der Waals surface area contributed by atoms with Gasteiger partial charge in [0.05, 0.1) is 0 Å². The molecule has 0 aromatic rings. The molecule has 0 radical (unpaired) electrons. The van der Waals surface area contributed by atoms with Crippen molar-refractivity contribution in [3.05, 3.63) is 83.4 Å². The number of carbonyl (C=O) groups is 1. The molecule has 130 valence electrons. The lowest BCUT2D eigenvalue weighted by Crippen LogP contribution is -2.35. The van der Waals surface area contributed by atoms with Crippen molar-refractivity contribution in [2.24, 2.45) is 5.92 Å². The average molecular weight is 346 g/mol. The SMILES string of the molecule is CN(C)C1=CC2C=CC(=C3C=CN(C(=O)C(F)(F)F)C=C3)C=C2C=C1. The van der Waals surface area contributed by atoms with E-state index in [4.69, 9.17) is 0 Å². The first-order chi connectivity index (χ1) is 11.8. The third kappa shape index (κ3) is 3.52. The van der Waals surface area contributed by atoms with E-state index in [0.717, 1.165) is 34.8 Å². The Morgan fingerprint density at radius 1 is 1.04 bits per heavy atom. The molecular formula is C19H17F3N2O. The molecule has 3 nitrogen and oxygen atoms in total. The molecule has 6 heteroatoms. The van der Waals surface area contributed by atoms with Gasteiger partial charge in [-0.2, -0.15) is 13.2 Å². The van der Waals surface area contributed by atoms with Gasteiger partial charge in [0.25, 0.3) is 0 Å². The first kappa shape index (κ1) is 17.1. The molecule has 1 aliphatic heterocycles. The summed E-state index contributed by atoms with van der Waals surface area (Å²) < 4.78 is 37.4. The van der Waals surface area contributed by atoms with E-state index in [1.54, 1.807) is 0 Å². The van der Waals surface area contributed by atoms with Gasteiger partial charge in [0.1, 0.15) is 0 Å². The first-order valence-electron chi connectivity index (χ1n) is 7.73. The van der Waals surface area contributed by atoms with Gasteiger partial charge >= 0.3 is 12.1 Å². The van der Waals surface area contributed by atoms with Gasteiger partial charge in [0.15, 0.2) is 0 Å². The Kier molecular flexibility index (Phi) is 4.29. The summed E-state index contributed by atoms with van der Waals surface area (Å²) >= 11 is 0. The Hall–Kier alpha value is -2.76. The number of halogens is 3. The van der Waals surface area contributed by atoms with E-state index in [1.165, 1.54) is 12.2 Å². The number of nitrogens with zero attached hydrogens (tertiary/aromatic N) is 2. The largest absolute Gasteiger partial charge is 0.472 e. The van der Waals surface area contributed by atoms with Crippen LogP contribution in [0.15, 0.2) is 83.4 Å². The Bertz CT molecular complexity index is 789. The molecule has 1 atom stereocenters. The number of hydrogen-bond donors (Lipinski definition) is 0. The number of carbonyl (C=O) groups excluding carboxylic acids is 1. The van der Waals surface area contributed by atoms with Gasteiger partial charge in [0, 0.05) is 38.1 Å². The summed E-state index contributed by atoms with van der Waals surface area (Å²) in [4.78, 5) is 13.8. The van der Waals surface area contributed by atoms with Crippen LogP contribution < -0.4 is 0 Å². The monoisotopic (exact) mass is 346 g/mol. The molecule has 0 N–H and O–H groups in total. The van der Waals surface area contributed by atoms with Gasteiger partial charge in [-0.3, -0.25) is 9.69 Å². The highest BCUT2D eigenvalue weighted by Crippen LogP contribution is 2.32. The number of hydrogen-bond acceptors (Lipinski definition) is 2. The molecule has 0 aromatic carbocycles. The molecule has 3 aliphatic rings. The number of rotatable bonds is 1. The molecule has 0 saturated heterocycles. The highest BCUT2D eigenvalue weighted by molar-refractivity contribution is 5.84. The van der Waals surface area contributed by atoms with E-state index < -0.39 is 12.1 Å². The van der Waals surface area contributed by atoms with Gasteiger partial charge in [-0.1, -0.05) is 24.3 Å². The molecule has 1 heterocycles. The summed E-state index contributed by atoms with van der Waals surface area (Å²) in [6, 6.07) is 0. The first-order valence-corrected chi connectivity index (χ1v) is 7.73. The Balaban J connectivity index is 1.81. The zero-order valence-electron chi connectivity index (χ0n) is 13.8. The minimum absolute atomic E-state index is 0.187. The smallest absolute Gasteiger partial charge is 0.378 e. The zero-order chi connectivity index (χ0) is 18.2. The van der Waals surface area contributed by atoms with Crippen LogP contribution in [0, 0.1) is 5.92 Å². The van der Waals surface area contributed by atoms with Crippen LogP contribution in [0.1, 0.15) is 0 Å². The summed E-state index contributed by atoms with van der Waals surface area (Å²) in [6.45, 7) is 0. The van der Waals surface area contributed by atoms with Crippen molar-refractivity contribution in [2.45, 2.75) is 6.18 Å². The fraction of sp³-hybridized carbons (Fsp3) is 0.211. The van der Waals surface area contributed by atoms with Crippen LogP contribution >= 0.6 is 0 Å². The lowest BCUT2D eigenvalue weighted by atomic mass is 9.85. The van der Waals surface area contributed by atoms with Gasteiger partial charge in [-0.05, 0) is 41.0 Å². The van der Waals surface area contributed by atoms with Crippen LogP contribution in [0.4, 0.5) is 13.2 Å². The Labute approximate surface area is 144 Å². The molecule has 25 heavy (non-hydrogen) atoms. The van der Waals surface area contributed by atoms with Gasteiger partial charge in [-0.15, -0.1) is 0 Å². The van der Waals surface area contributed by atoms with E-state index in [9.17, 15) is 18.0 Å². The fourth-order valence-electron chi connectivity index (χ4n) is 2.75. The second kappa shape index (κ2) is 6.27. The highest BCUT2D eigenvalue weighted by Gasteiger charge is 2.41. The lowest BCUT2D eigenvalue weighted by Gasteiger charge is -2.25. The normalized spacial score (nSPS) is 22.0. The third-order valence-corrected chi connectivity index (χ3v) is 4.14. The lowest BCUT2D eigenvalue weighted by molar-refractivity contribution is -0.180. The van der Waals surface area contributed by atoms with Gasteiger partial charge < -0.3 is 4.90 Å². The van der Waals surface area contributed by atoms with Crippen molar-refractivity contribution in [2.75, 3.05) is 14.1 Å². The number of likely N-dealkylation sites (N-methyl/N-ethyl adjacent to an activating group) is 1. The highest BCUT2D eigenvalue weighted by atomic mass is 19.4. The molecule has 0 saturated carbocycles. The maximum atomic E-state index is 12.5. The number of alkyl halides is 3. The predicted octanol–water partition coefficient (Wildman–Crippen LogP) is 3.84. The van der Waals surface area contributed by atoms with Gasteiger partial charge in [0.2, 0.25) is 0 Å². The molecule has 3 rings (SSSR count). The summed E-state index contributed by atoms with van der Waals surface area (Å²) in [5.74, 6) is -1.72. The summed E-state index contributed by atoms with van der Waals surface area (Å²) in [5, 5.41) is 0. The van der Waals surface area contributed by atoms with E-state index in [1.807, 2.05) is 43.3 Å². The maximum absolute atomic E-state index is 12.5. The van der Waals surface area contributed by atoms with Crippen LogP contribution in [0.3, 0.4) is 0 Å². The van der Waals surface area contributed by atoms with Crippen molar-refractivity contribution >= 4 is 5.91 Å². The van der Waals surface area contributed by atoms with Crippen molar-refractivity contribution < 1.29 is 18.0 Å². The van der Waals surface area contributed by atoms with Crippen molar-refractivity contribution in [1.82, 2.24) is 9.80 Å². The molecule has 0 bridgehead atoms. The van der Waals surface area contributed by atoms with Crippen LogP contribution in [0.2, 0.25) is 0 Å². The number of fused-ring (bicyclic) bond motifs is 1. The summed E-state index contributed by atoms with van der Waals surface area (Å²) in [6.07, 6.45) is 12.6. The topological polar surface area (TPSA) is 23.6 Å². The quantitative estimate of drug-likeness (QED) is 0.720. The molecule has 0 aromatic heterocycles. The van der Waals surface area contributed by atoms with Crippen molar-refractivity contribution in [3.8, 4) is 0 Å².